The van der Waals surface area contributed by atoms with Crippen molar-refractivity contribution < 1.29 is 26.7 Å². The van der Waals surface area contributed by atoms with Crippen LogP contribution >= 0.6 is 0 Å². The van der Waals surface area contributed by atoms with Crippen LogP contribution in [0.15, 0.2) is 47.6 Å². The van der Waals surface area contributed by atoms with Gasteiger partial charge in [0, 0.05) is 25.2 Å². The van der Waals surface area contributed by atoms with Crippen LogP contribution in [0.2, 0.25) is 0 Å². The summed E-state index contributed by atoms with van der Waals surface area (Å²) in [6.07, 6.45) is 1.49. The molecule has 0 saturated carbocycles. The van der Waals surface area contributed by atoms with E-state index in [1.54, 1.807) is 16.7 Å². The molecule has 7 nitrogen and oxygen atoms in total. The Morgan fingerprint density at radius 2 is 1.76 bits per heavy atom. The van der Waals surface area contributed by atoms with Crippen LogP contribution in [-0.4, -0.2) is 55.2 Å². The van der Waals surface area contributed by atoms with E-state index in [1.807, 2.05) is 0 Å². The number of benzene rings is 2. The Morgan fingerprint density at radius 3 is 2.48 bits per heavy atom. The average Bonchev–Trinajstić information content (AvgIpc) is 3.11. The van der Waals surface area contributed by atoms with Crippen LogP contribution in [0.3, 0.4) is 0 Å². The highest BCUT2D eigenvalue weighted by molar-refractivity contribution is 7.89. The van der Waals surface area contributed by atoms with E-state index < -0.39 is 21.7 Å². The molecule has 10 heteroatoms. The maximum absolute atomic E-state index is 13.5. The van der Waals surface area contributed by atoms with Gasteiger partial charge in [0.15, 0.2) is 11.6 Å². The van der Waals surface area contributed by atoms with E-state index in [-0.39, 0.29) is 11.5 Å². The van der Waals surface area contributed by atoms with Gasteiger partial charge < -0.3 is 14.0 Å². The van der Waals surface area contributed by atoms with E-state index in [1.165, 1.54) is 22.8 Å². The van der Waals surface area contributed by atoms with Crippen molar-refractivity contribution in [1.29, 1.82) is 0 Å². The van der Waals surface area contributed by atoms with Gasteiger partial charge in [-0.15, -0.1) is 0 Å². The van der Waals surface area contributed by atoms with E-state index in [2.05, 4.69) is 4.98 Å². The first kappa shape index (κ1) is 19.7. The number of sulfonamides is 1. The fraction of sp³-hybridized carbons (Fsp3) is 0.316. The molecular formula is C19H19F2N3O4S. The maximum atomic E-state index is 13.5. The number of nitrogens with zero attached hydrogens (tertiary/aromatic N) is 3. The van der Waals surface area contributed by atoms with E-state index in [0.717, 1.165) is 12.1 Å². The van der Waals surface area contributed by atoms with Crippen LogP contribution < -0.4 is 4.74 Å². The molecule has 2 heterocycles. The van der Waals surface area contributed by atoms with E-state index in [4.69, 9.17) is 9.47 Å². The number of hydrogen-bond acceptors (Lipinski definition) is 5. The Labute approximate surface area is 166 Å². The van der Waals surface area contributed by atoms with Crippen LogP contribution in [0.25, 0.3) is 11.0 Å². The SMILES string of the molecule is O=S(=O)(c1ccc(OCCn2cnc3cc(F)c(F)cc32)cc1)N1CCOCC1. The standard InChI is InChI=1S/C19H19F2N3O4S/c20-16-11-18-19(12-17(16)21)23(13-22-18)5-10-28-14-1-3-15(4-2-14)29(25,26)24-6-8-27-9-7-24/h1-4,11-13H,5-10H2. The van der Waals surface area contributed by atoms with Crippen molar-refractivity contribution in [3.8, 4) is 5.75 Å². The Bertz CT molecular complexity index is 1110. The number of morpholine rings is 1. The highest BCUT2D eigenvalue weighted by atomic mass is 32.2. The molecule has 29 heavy (non-hydrogen) atoms. The molecule has 0 atom stereocenters. The average molecular weight is 423 g/mol. The smallest absolute Gasteiger partial charge is 0.243 e. The Morgan fingerprint density at radius 1 is 1.07 bits per heavy atom. The molecule has 1 aliphatic heterocycles. The molecule has 3 aromatic rings. The molecular weight excluding hydrogens is 404 g/mol. The largest absolute Gasteiger partial charge is 0.492 e. The lowest BCUT2D eigenvalue weighted by molar-refractivity contribution is 0.0730. The molecule has 154 valence electrons. The van der Waals surface area contributed by atoms with Crippen LogP contribution in [0, 0.1) is 11.6 Å². The van der Waals surface area contributed by atoms with Gasteiger partial charge in [0.25, 0.3) is 0 Å². The van der Waals surface area contributed by atoms with Crippen molar-refractivity contribution >= 4 is 21.1 Å². The van der Waals surface area contributed by atoms with E-state index in [0.29, 0.717) is 49.6 Å². The van der Waals surface area contributed by atoms with Crippen molar-refractivity contribution in [3.05, 3.63) is 54.4 Å². The first-order valence-electron chi connectivity index (χ1n) is 9.06. The molecule has 0 spiro atoms. The van der Waals surface area contributed by atoms with Gasteiger partial charge in [0.2, 0.25) is 10.0 Å². The number of rotatable bonds is 6. The lowest BCUT2D eigenvalue weighted by Gasteiger charge is -2.26. The zero-order valence-corrected chi connectivity index (χ0v) is 16.2. The molecule has 0 N–H and O–H groups in total. The molecule has 1 fully saturated rings. The predicted molar refractivity (Wildman–Crippen MR) is 101 cm³/mol. The summed E-state index contributed by atoms with van der Waals surface area (Å²) in [5.74, 6) is -1.36. The minimum Gasteiger partial charge on any atom is -0.492 e. The highest BCUT2D eigenvalue weighted by Gasteiger charge is 2.26. The summed E-state index contributed by atoms with van der Waals surface area (Å²) in [6.45, 7) is 2.07. The lowest BCUT2D eigenvalue weighted by atomic mass is 10.3. The summed E-state index contributed by atoms with van der Waals surface area (Å²) in [5.41, 5.74) is 0.834. The van der Waals surface area contributed by atoms with Crippen LogP contribution in [0.4, 0.5) is 8.78 Å². The number of imidazole rings is 1. The number of fused-ring (bicyclic) bond motifs is 1. The second kappa shape index (κ2) is 8.05. The third-order valence-electron chi connectivity index (χ3n) is 4.70. The summed E-state index contributed by atoms with van der Waals surface area (Å²) in [5, 5.41) is 0. The number of aromatic nitrogens is 2. The van der Waals surface area contributed by atoms with Crippen molar-refractivity contribution in [2.24, 2.45) is 0 Å². The highest BCUT2D eigenvalue weighted by Crippen LogP contribution is 2.21. The number of hydrogen-bond donors (Lipinski definition) is 0. The zero-order valence-electron chi connectivity index (χ0n) is 15.4. The van der Waals surface area contributed by atoms with Gasteiger partial charge in [0.05, 0.1) is 42.0 Å². The molecule has 0 radical (unpaired) electrons. The van der Waals surface area contributed by atoms with Crippen molar-refractivity contribution in [3.63, 3.8) is 0 Å². The molecule has 0 aliphatic carbocycles. The zero-order chi connectivity index (χ0) is 20.4. The maximum Gasteiger partial charge on any atom is 0.243 e. The summed E-state index contributed by atoms with van der Waals surface area (Å²) in [6, 6.07) is 8.34. The fourth-order valence-electron chi connectivity index (χ4n) is 3.14. The van der Waals surface area contributed by atoms with Crippen LogP contribution in [0.1, 0.15) is 0 Å². The van der Waals surface area contributed by atoms with Gasteiger partial charge in [-0.25, -0.2) is 22.2 Å². The third kappa shape index (κ3) is 4.09. The fourth-order valence-corrected chi connectivity index (χ4v) is 4.55. The van der Waals surface area contributed by atoms with Gasteiger partial charge in [-0.1, -0.05) is 0 Å². The number of halogens is 2. The van der Waals surface area contributed by atoms with Gasteiger partial charge in [0.1, 0.15) is 12.4 Å². The summed E-state index contributed by atoms with van der Waals surface area (Å²) in [7, 11) is -3.55. The van der Waals surface area contributed by atoms with Gasteiger partial charge in [-0.3, -0.25) is 0 Å². The topological polar surface area (TPSA) is 73.7 Å². The predicted octanol–water partition coefficient (Wildman–Crippen LogP) is 2.41. The quantitative estimate of drug-likeness (QED) is 0.609. The minimum atomic E-state index is -3.55. The summed E-state index contributed by atoms with van der Waals surface area (Å²) in [4.78, 5) is 4.25. The molecule has 2 aromatic carbocycles. The molecule has 0 bridgehead atoms. The summed E-state index contributed by atoms with van der Waals surface area (Å²) < 4.78 is 65.8. The second-order valence-corrected chi connectivity index (χ2v) is 8.47. The third-order valence-corrected chi connectivity index (χ3v) is 6.61. The summed E-state index contributed by atoms with van der Waals surface area (Å²) >= 11 is 0. The van der Waals surface area contributed by atoms with Gasteiger partial charge in [-0.2, -0.15) is 4.31 Å². The van der Waals surface area contributed by atoms with Crippen LogP contribution in [-0.2, 0) is 21.3 Å². The van der Waals surface area contributed by atoms with Crippen molar-refractivity contribution in [1.82, 2.24) is 13.9 Å². The van der Waals surface area contributed by atoms with E-state index in [9.17, 15) is 17.2 Å². The molecule has 0 amide bonds. The van der Waals surface area contributed by atoms with Crippen molar-refractivity contribution in [2.45, 2.75) is 11.4 Å². The Hall–Kier alpha value is -2.56. The first-order valence-corrected chi connectivity index (χ1v) is 10.5. The molecule has 1 aliphatic rings. The van der Waals surface area contributed by atoms with Crippen molar-refractivity contribution in [2.75, 3.05) is 32.9 Å². The van der Waals surface area contributed by atoms with Gasteiger partial charge >= 0.3 is 0 Å². The first-order chi connectivity index (χ1) is 13.9. The second-order valence-electron chi connectivity index (χ2n) is 6.53. The molecule has 4 rings (SSSR count). The van der Waals surface area contributed by atoms with Gasteiger partial charge in [-0.05, 0) is 24.3 Å². The normalized spacial score (nSPS) is 15.7. The number of ether oxygens (including phenoxy) is 2. The Kier molecular flexibility index (Phi) is 5.48. The minimum absolute atomic E-state index is 0.199. The monoisotopic (exact) mass is 423 g/mol. The van der Waals surface area contributed by atoms with E-state index >= 15 is 0 Å². The molecule has 1 saturated heterocycles. The van der Waals surface area contributed by atoms with Crippen LogP contribution in [0.5, 0.6) is 5.75 Å². The Balaban J connectivity index is 1.39. The lowest BCUT2D eigenvalue weighted by Crippen LogP contribution is -2.40. The molecule has 0 unspecified atom stereocenters. The molecule has 1 aromatic heterocycles.